The summed E-state index contributed by atoms with van der Waals surface area (Å²) in [7, 11) is 2.03. The largest absolute Gasteiger partial charge is 0.507 e. The second kappa shape index (κ2) is 10.1. The number of carbonyl (C=O) groups excluding carboxylic acids is 2. The monoisotopic (exact) mass is 517 g/mol. The highest BCUT2D eigenvalue weighted by molar-refractivity contribution is 9.11. The molecule has 144 valence electrons. The Kier molecular flexibility index (Phi) is 8.07. The van der Waals surface area contributed by atoms with Gasteiger partial charge in [-0.15, -0.1) is 8.58 Å². The molecule has 9 heteroatoms. The van der Waals surface area contributed by atoms with E-state index < -0.39 is 11.9 Å². The smallest absolute Gasteiger partial charge is 0.325 e. The Morgan fingerprint density at radius 2 is 1.85 bits per heavy atom. The van der Waals surface area contributed by atoms with Gasteiger partial charge in [0, 0.05) is 0 Å². The van der Waals surface area contributed by atoms with Crippen molar-refractivity contribution < 1.29 is 24.2 Å². The van der Waals surface area contributed by atoms with Crippen molar-refractivity contribution in [2.45, 2.75) is 6.16 Å². The molecule has 2 aromatic carbocycles. The molecule has 0 aliphatic rings. The second-order valence-electron chi connectivity index (χ2n) is 5.46. The van der Waals surface area contributed by atoms with E-state index in [1.165, 1.54) is 24.8 Å². The number of hydrogen-bond acceptors (Lipinski definition) is 5. The summed E-state index contributed by atoms with van der Waals surface area (Å²) in [6.07, 6.45) is 0.973. The lowest BCUT2D eigenvalue weighted by Crippen LogP contribution is -2.30. The summed E-state index contributed by atoms with van der Waals surface area (Å²) < 4.78 is 11.9. The zero-order valence-electron chi connectivity index (χ0n) is 14.6. The van der Waals surface area contributed by atoms with E-state index in [1.807, 2.05) is 12.1 Å². The summed E-state index contributed by atoms with van der Waals surface area (Å²) in [5.41, 5.74) is 1.17. The van der Waals surface area contributed by atoms with E-state index in [4.69, 9.17) is 4.74 Å². The van der Waals surface area contributed by atoms with Crippen molar-refractivity contribution in [3.8, 4) is 17.2 Å². The van der Waals surface area contributed by atoms with Gasteiger partial charge in [0.2, 0.25) is 0 Å². The summed E-state index contributed by atoms with van der Waals surface area (Å²) in [6, 6.07) is 8.29. The number of hydrogen-bond donors (Lipinski definition) is 2. The average Bonchev–Trinajstić information content (AvgIpc) is 2.64. The summed E-state index contributed by atoms with van der Waals surface area (Å²) in [5, 5.41) is 12.3. The molecule has 2 rings (SSSR count). The maximum atomic E-state index is 12.2. The molecular weight excluding hydrogens is 501 g/mol. The van der Waals surface area contributed by atoms with Crippen molar-refractivity contribution in [2.24, 2.45) is 0 Å². The minimum atomic E-state index is -0.610. The molecule has 6 nitrogen and oxygen atoms in total. The fourth-order valence-electron chi connectivity index (χ4n) is 2.21. The van der Waals surface area contributed by atoms with E-state index in [-0.39, 0.29) is 17.9 Å². The molecule has 0 radical (unpaired) electrons. The SMILES string of the molecule is COC(=O)CNC(=O)c1cc(Oc2c(Br)cc(CPC)cc2Br)ccc1O. The van der Waals surface area contributed by atoms with Gasteiger partial charge in [-0.2, -0.15) is 0 Å². The topological polar surface area (TPSA) is 84.9 Å². The van der Waals surface area contributed by atoms with Crippen LogP contribution in [0.5, 0.6) is 17.2 Å². The zero-order valence-corrected chi connectivity index (χ0v) is 18.8. The molecule has 0 saturated carbocycles. The van der Waals surface area contributed by atoms with Gasteiger partial charge in [0.05, 0.1) is 21.6 Å². The van der Waals surface area contributed by atoms with Gasteiger partial charge in [-0.3, -0.25) is 9.59 Å². The second-order valence-corrected chi connectivity index (χ2v) is 8.23. The van der Waals surface area contributed by atoms with Gasteiger partial charge in [-0.25, -0.2) is 0 Å². The molecule has 0 spiro atoms. The number of benzene rings is 2. The van der Waals surface area contributed by atoms with Crippen LogP contribution in [0.3, 0.4) is 0 Å². The van der Waals surface area contributed by atoms with Crippen LogP contribution >= 0.6 is 40.4 Å². The molecular formula is C18H18Br2NO5P. The minimum Gasteiger partial charge on any atom is -0.507 e. The Morgan fingerprint density at radius 1 is 1.19 bits per heavy atom. The Hall–Kier alpha value is -1.63. The lowest BCUT2D eigenvalue weighted by Gasteiger charge is -2.13. The highest BCUT2D eigenvalue weighted by atomic mass is 79.9. The van der Waals surface area contributed by atoms with E-state index in [9.17, 15) is 14.7 Å². The molecule has 0 aliphatic heterocycles. The standard InChI is InChI=1S/C18H18Br2NO5P/c1-25-16(23)8-21-18(24)12-7-11(3-4-15(12)22)26-17-13(19)5-10(9-27-2)6-14(17)20/h3-7,22,27H,8-9H2,1-2H3,(H,21,24). The van der Waals surface area contributed by atoms with Gasteiger partial charge in [-0.05, 0) is 80.6 Å². The third kappa shape index (κ3) is 5.92. The molecule has 27 heavy (non-hydrogen) atoms. The molecule has 0 aliphatic carbocycles. The first-order valence-corrected chi connectivity index (χ1v) is 11.1. The number of carbonyl (C=O) groups is 2. The quantitative estimate of drug-likeness (QED) is 0.418. The van der Waals surface area contributed by atoms with Crippen molar-refractivity contribution in [2.75, 3.05) is 20.3 Å². The third-order valence-corrected chi connectivity index (χ3v) is 5.43. The van der Waals surface area contributed by atoms with Gasteiger partial charge >= 0.3 is 5.97 Å². The Morgan fingerprint density at radius 3 is 2.44 bits per heavy atom. The maximum Gasteiger partial charge on any atom is 0.325 e. The van der Waals surface area contributed by atoms with Crippen LogP contribution in [0.1, 0.15) is 15.9 Å². The normalized spacial score (nSPS) is 10.8. The first kappa shape index (κ1) is 21.7. The number of phenolic OH excluding ortho intramolecular Hbond substituents is 1. The number of methoxy groups -OCH3 is 1. The maximum absolute atomic E-state index is 12.2. The van der Waals surface area contributed by atoms with Crippen molar-refractivity contribution >= 4 is 52.3 Å². The molecule has 0 heterocycles. The number of aromatic hydroxyl groups is 1. The lowest BCUT2D eigenvalue weighted by atomic mass is 10.1. The highest BCUT2D eigenvalue weighted by Gasteiger charge is 2.16. The fourth-order valence-corrected chi connectivity index (χ4v) is 4.27. The van der Waals surface area contributed by atoms with Gasteiger partial charge < -0.3 is 19.9 Å². The summed E-state index contributed by atoms with van der Waals surface area (Å²) in [4.78, 5) is 23.3. The minimum absolute atomic E-state index is 0.00699. The number of halogens is 2. The number of esters is 1. The predicted molar refractivity (Wildman–Crippen MR) is 112 cm³/mol. The van der Waals surface area contributed by atoms with Gasteiger partial charge in [-0.1, -0.05) is 0 Å². The zero-order chi connectivity index (χ0) is 20.0. The lowest BCUT2D eigenvalue weighted by molar-refractivity contribution is -0.139. The average molecular weight is 519 g/mol. The van der Waals surface area contributed by atoms with Crippen molar-refractivity contribution in [1.82, 2.24) is 5.32 Å². The summed E-state index contributed by atoms with van der Waals surface area (Å²) in [6.45, 7) is 1.84. The molecule has 2 N–H and O–H groups in total. The van der Waals surface area contributed by atoms with Gasteiger partial charge in [0.15, 0.2) is 5.75 Å². The summed E-state index contributed by atoms with van der Waals surface area (Å²) in [5.74, 6) is -0.494. The Bertz CT molecular complexity index is 837. The van der Waals surface area contributed by atoms with Gasteiger partial charge in [0.25, 0.3) is 5.91 Å². The van der Waals surface area contributed by atoms with Crippen molar-refractivity contribution in [3.63, 3.8) is 0 Å². The number of ether oxygens (including phenoxy) is 2. The Balaban J connectivity index is 2.23. The van der Waals surface area contributed by atoms with Crippen LogP contribution in [-0.2, 0) is 15.7 Å². The van der Waals surface area contributed by atoms with E-state index in [1.54, 1.807) is 6.07 Å². The molecule has 0 saturated heterocycles. The van der Waals surface area contributed by atoms with Gasteiger partial charge in [0.1, 0.15) is 18.0 Å². The highest BCUT2D eigenvalue weighted by Crippen LogP contribution is 2.39. The predicted octanol–water partition coefficient (Wildman–Crippen LogP) is 4.42. The molecule has 0 fully saturated rings. The number of amides is 1. The van der Waals surface area contributed by atoms with E-state index in [2.05, 4.69) is 48.6 Å². The Labute approximate surface area is 175 Å². The molecule has 0 bridgehead atoms. The van der Waals surface area contributed by atoms with Crippen LogP contribution in [0, 0.1) is 0 Å². The van der Waals surface area contributed by atoms with Crippen LogP contribution in [-0.4, -0.2) is 37.3 Å². The van der Waals surface area contributed by atoms with Crippen molar-refractivity contribution in [1.29, 1.82) is 0 Å². The number of nitrogens with one attached hydrogen (secondary N) is 1. The fraction of sp³-hybridized carbons (Fsp3) is 0.222. The molecule has 1 amide bonds. The van der Waals surface area contributed by atoms with Crippen LogP contribution in [0.25, 0.3) is 0 Å². The first-order valence-electron chi connectivity index (χ1n) is 7.84. The van der Waals surface area contributed by atoms with E-state index in [0.29, 0.717) is 11.5 Å². The van der Waals surface area contributed by atoms with Crippen LogP contribution < -0.4 is 10.1 Å². The van der Waals surface area contributed by atoms with E-state index in [0.717, 1.165) is 23.7 Å². The number of rotatable bonds is 7. The third-order valence-electron chi connectivity index (χ3n) is 3.49. The molecule has 2 aromatic rings. The molecule has 0 aromatic heterocycles. The first-order chi connectivity index (χ1) is 12.8. The van der Waals surface area contributed by atoms with Crippen molar-refractivity contribution in [3.05, 3.63) is 50.4 Å². The van der Waals surface area contributed by atoms with E-state index >= 15 is 0 Å². The molecule has 1 atom stereocenters. The molecule has 1 unspecified atom stereocenters. The summed E-state index contributed by atoms with van der Waals surface area (Å²) >= 11 is 7.01. The van der Waals surface area contributed by atoms with Crippen LogP contribution in [0.2, 0.25) is 0 Å². The van der Waals surface area contributed by atoms with Crippen LogP contribution in [0.15, 0.2) is 39.3 Å². The number of phenols is 1. The van der Waals surface area contributed by atoms with Crippen LogP contribution in [0.4, 0.5) is 0 Å².